The number of hydrogen-bond donors (Lipinski definition) is 1. The molecule has 0 radical (unpaired) electrons. The van der Waals surface area contributed by atoms with Gasteiger partial charge in [0.15, 0.2) is 16.7 Å². The maximum absolute atomic E-state index is 12.5. The number of nitrogens with one attached hydrogen (secondary N) is 1. The van der Waals surface area contributed by atoms with Crippen LogP contribution in [0.4, 0.5) is 0 Å². The largest absolute Gasteiger partial charge is 0.493 e. The van der Waals surface area contributed by atoms with Gasteiger partial charge in [-0.3, -0.25) is 14.2 Å². The molecule has 0 aliphatic rings. The lowest BCUT2D eigenvalue weighted by Gasteiger charge is -2.14. The molecular formula is C22H25N3O4S. The molecule has 3 rings (SSSR count). The average molecular weight is 428 g/mol. The smallest absolute Gasteiger partial charge is 0.261 e. The Morgan fingerprint density at radius 1 is 1.17 bits per heavy atom. The van der Waals surface area contributed by atoms with Crippen molar-refractivity contribution in [3.63, 3.8) is 0 Å². The molecule has 1 atom stereocenters. The van der Waals surface area contributed by atoms with E-state index in [4.69, 9.17) is 9.47 Å². The van der Waals surface area contributed by atoms with Crippen LogP contribution in [0, 0.1) is 0 Å². The van der Waals surface area contributed by atoms with E-state index in [9.17, 15) is 9.59 Å². The lowest BCUT2D eigenvalue weighted by molar-refractivity contribution is -0.120. The third-order valence-electron chi connectivity index (χ3n) is 4.75. The first-order chi connectivity index (χ1) is 14.4. The van der Waals surface area contributed by atoms with E-state index in [-0.39, 0.29) is 11.5 Å². The molecule has 0 aliphatic heterocycles. The highest BCUT2D eigenvalue weighted by atomic mass is 32.2. The van der Waals surface area contributed by atoms with Gasteiger partial charge in [0.05, 0.1) is 30.4 Å². The Morgan fingerprint density at radius 3 is 2.63 bits per heavy atom. The summed E-state index contributed by atoms with van der Waals surface area (Å²) in [7, 11) is 4.86. The molecule has 1 aromatic heterocycles. The quantitative estimate of drug-likeness (QED) is 0.440. The van der Waals surface area contributed by atoms with Crippen LogP contribution >= 0.6 is 11.8 Å². The van der Waals surface area contributed by atoms with E-state index in [0.717, 1.165) is 5.56 Å². The van der Waals surface area contributed by atoms with Gasteiger partial charge in [-0.25, -0.2) is 4.98 Å². The predicted octanol–water partition coefficient (Wildman–Crippen LogP) is 2.79. The molecule has 0 saturated heterocycles. The molecule has 7 nitrogen and oxygen atoms in total. The lowest BCUT2D eigenvalue weighted by Crippen LogP contribution is -2.33. The molecule has 158 valence electrons. The number of carbonyl (C=O) groups excluding carboxylic acids is 1. The molecule has 0 aliphatic carbocycles. The van der Waals surface area contributed by atoms with E-state index in [1.54, 1.807) is 40.3 Å². The molecule has 0 saturated carbocycles. The molecule has 30 heavy (non-hydrogen) atoms. The first-order valence-electron chi connectivity index (χ1n) is 9.55. The zero-order chi connectivity index (χ0) is 21.7. The van der Waals surface area contributed by atoms with E-state index in [0.29, 0.717) is 40.5 Å². The number of para-hydroxylation sites is 1. The van der Waals surface area contributed by atoms with Gasteiger partial charge in [-0.1, -0.05) is 30.0 Å². The first kappa shape index (κ1) is 21.7. The number of benzene rings is 2. The van der Waals surface area contributed by atoms with Crippen molar-refractivity contribution < 1.29 is 14.3 Å². The molecule has 3 aromatic rings. The second-order valence-corrected chi connectivity index (χ2v) is 8.07. The number of aromatic nitrogens is 2. The van der Waals surface area contributed by atoms with Gasteiger partial charge >= 0.3 is 0 Å². The van der Waals surface area contributed by atoms with E-state index >= 15 is 0 Å². The number of carbonyl (C=O) groups is 1. The van der Waals surface area contributed by atoms with Crippen LogP contribution in [0.3, 0.4) is 0 Å². The molecular weight excluding hydrogens is 402 g/mol. The van der Waals surface area contributed by atoms with Gasteiger partial charge in [0.2, 0.25) is 5.91 Å². The maximum Gasteiger partial charge on any atom is 0.261 e. The van der Waals surface area contributed by atoms with Crippen molar-refractivity contribution in [3.05, 3.63) is 58.4 Å². The van der Waals surface area contributed by atoms with Gasteiger partial charge in [-0.15, -0.1) is 0 Å². The fourth-order valence-electron chi connectivity index (χ4n) is 3.02. The number of thioether (sulfide) groups is 1. The van der Waals surface area contributed by atoms with E-state index in [1.807, 2.05) is 30.3 Å². The van der Waals surface area contributed by atoms with Crippen LogP contribution in [0.1, 0.15) is 12.5 Å². The number of rotatable bonds is 8. The van der Waals surface area contributed by atoms with Crippen LogP contribution in [0.15, 0.2) is 52.4 Å². The monoisotopic (exact) mass is 427 g/mol. The van der Waals surface area contributed by atoms with Crippen LogP contribution in [0.5, 0.6) is 11.5 Å². The molecule has 0 unspecified atom stereocenters. The Labute approximate surface area is 179 Å². The van der Waals surface area contributed by atoms with Gasteiger partial charge in [-0.05, 0) is 43.2 Å². The van der Waals surface area contributed by atoms with Crippen LogP contribution in [-0.2, 0) is 18.3 Å². The molecule has 2 aromatic carbocycles. The lowest BCUT2D eigenvalue weighted by atomic mass is 10.1. The summed E-state index contributed by atoms with van der Waals surface area (Å²) in [5.41, 5.74) is 1.54. The van der Waals surface area contributed by atoms with Crippen LogP contribution in [-0.4, -0.2) is 41.5 Å². The van der Waals surface area contributed by atoms with E-state index in [2.05, 4.69) is 10.3 Å². The summed E-state index contributed by atoms with van der Waals surface area (Å²) in [6.07, 6.45) is 0.663. The van der Waals surface area contributed by atoms with Crippen LogP contribution in [0.25, 0.3) is 10.9 Å². The summed E-state index contributed by atoms with van der Waals surface area (Å²) in [6, 6.07) is 12.9. The highest BCUT2D eigenvalue weighted by Gasteiger charge is 2.18. The second-order valence-electron chi connectivity index (χ2n) is 6.77. The minimum atomic E-state index is -0.394. The van der Waals surface area contributed by atoms with Crippen molar-refractivity contribution in [1.82, 2.24) is 14.9 Å². The number of fused-ring (bicyclic) bond motifs is 1. The number of ether oxygens (including phenoxy) is 2. The second kappa shape index (κ2) is 9.67. The minimum Gasteiger partial charge on any atom is -0.493 e. The van der Waals surface area contributed by atoms with Crippen molar-refractivity contribution in [2.24, 2.45) is 7.05 Å². The molecule has 8 heteroatoms. The van der Waals surface area contributed by atoms with Gasteiger partial charge in [0.1, 0.15) is 0 Å². The first-order valence-corrected chi connectivity index (χ1v) is 10.4. The number of methoxy groups -OCH3 is 2. The molecule has 1 amide bonds. The molecule has 0 bridgehead atoms. The zero-order valence-electron chi connectivity index (χ0n) is 17.5. The average Bonchev–Trinajstić information content (AvgIpc) is 2.77. The fraction of sp³-hybridized carbons (Fsp3) is 0.318. The molecule has 1 heterocycles. The molecule has 0 spiro atoms. The summed E-state index contributed by atoms with van der Waals surface area (Å²) in [5, 5.41) is 3.63. The summed E-state index contributed by atoms with van der Waals surface area (Å²) in [5.74, 6) is 1.22. The highest BCUT2D eigenvalue weighted by molar-refractivity contribution is 8.00. The molecule has 1 N–H and O–H groups in total. The Balaban J connectivity index is 1.61. The number of nitrogens with zero attached hydrogens (tertiary/aromatic N) is 2. The molecule has 0 fully saturated rings. The summed E-state index contributed by atoms with van der Waals surface area (Å²) < 4.78 is 12.0. The predicted molar refractivity (Wildman–Crippen MR) is 119 cm³/mol. The van der Waals surface area contributed by atoms with E-state index in [1.165, 1.54) is 16.3 Å². The maximum atomic E-state index is 12.5. The van der Waals surface area contributed by atoms with E-state index < -0.39 is 5.25 Å². The Bertz CT molecular complexity index is 1110. The number of amides is 1. The van der Waals surface area contributed by atoms with Crippen molar-refractivity contribution in [1.29, 1.82) is 0 Å². The van der Waals surface area contributed by atoms with Crippen LogP contribution < -0.4 is 20.3 Å². The van der Waals surface area contributed by atoms with Gasteiger partial charge in [0.25, 0.3) is 5.56 Å². The zero-order valence-corrected chi connectivity index (χ0v) is 18.3. The third-order valence-corrected chi connectivity index (χ3v) is 5.90. The Hall–Kier alpha value is -3.00. The van der Waals surface area contributed by atoms with Gasteiger partial charge < -0.3 is 14.8 Å². The Kier molecular flexibility index (Phi) is 6.99. The van der Waals surface area contributed by atoms with Crippen molar-refractivity contribution >= 4 is 28.6 Å². The third kappa shape index (κ3) is 4.76. The summed E-state index contributed by atoms with van der Waals surface area (Å²) in [6.45, 7) is 2.29. The van der Waals surface area contributed by atoms with Crippen molar-refractivity contribution in [3.8, 4) is 11.5 Å². The SMILES string of the molecule is COc1ccc(CCNC(=O)[C@H](C)Sc2nc3ccccc3c(=O)n2C)cc1OC. The topological polar surface area (TPSA) is 82.5 Å². The van der Waals surface area contributed by atoms with Crippen molar-refractivity contribution in [2.75, 3.05) is 20.8 Å². The standard InChI is InChI=1S/C22H25N3O4S/c1-14(30-22-24-17-8-6-5-7-16(17)21(27)25(22)2)20(26)23-12-11-15-9-10-18(28-3)19(13-15)29-4/h5-10,13-14H,11-12H2,1-4H3,(H,23,26)/t14-/m0/s1. The summed E-state index contributed by atoms with van der Waals surface area (Å²) >= 11 is 1.27. The summed E-state index contributed by atoms with van der Waals surface area (Å²) in [4.78, 5) is 29.6. The van der Waals surface area contributed by atoms with Gasteiger partial charge in [-0.2, -0.15) is 0 Å². The Morgan fingerprint density at radius 2 is 1.90 bits per heavy atom. The minimum absolute atomic E-state index is 0.108. The number of hydrogen-bond acceptors (Lipinski definition) is 6. The van der Waals surface area contributed by atoms with Crippen LogP contribution in [0.2, 0.25) is 0 Å². The highest BCUT2D eigenvalue weighted by Crippen LogP contribution is 2.27. The normalized spacial score (nSPS) is 11.9. The van der Waals surface area contributed by atoms with Gasteiger partial charge in [0, 0.05) is 13.6 Å². The fourth-order valence-corrected chi connectivity index (χ4v) is 3.92. The van der Waals surface area contributed by atoms with Crippen molar-refractivity contribution in [2.45, 2.75) is 23.8 Å².